The van der Waals surface area contributed by atoms with Gasteiger partial charge in [0.05, 0.1) is 43.2 Å². The molecule has 2 bridgehead atoms. The number of esters is 1. The first-order valence-electron chi connectivity index (χ1n) is 21.9. The van der Waals surface area contributed by atoms with Gasteiger partial charge in [0.2, 0.25) is 5.79 Å². The van der Waals surface area contributed by atoms with Crippen LogP contribution in [-0.2, 0) is 42.9 Å². The average Bonchev–Trinajstić information content (AvgIpc) is 3.23. The topological polar surface area (TPSA) is 219 Å². The molecule has 1 amide bonds. The molecule has 0 aromatic heterocycles. The van der Waals surface area contributed by atoms with Gasteiger partial charge < -0.3 is 54.1 Å². The van der Waals surface area contributed by atoms with E-state index >= 15 is 0 Å². The van der Waals surface area contributed by atoms with Crippen LogP contribution in [0.4, 0.5) is 0 Å². The van der Waals surface area contributed by atoms with E-state index in [2.05, 4.69) is 0 Å². The van der Waals surface area contributed by atoms with Crippen molar-refractivity contribution in [2.75, 3.05) is 34.5 Å². The molecule has 0 radical (unpaired) electrons. The molecule has 1 saturated carbocycles. The van der Waals surface area contributed by atoms with Gasteiger partial charge in [-0.2, -0.15) is 0 Å². The number of cyclic esters (lactones) is 1. The minimum absolute atomic E-state index is 0.00329. The molecule has 14 unspecified atom stereocenters. The molecule has 342 valence electrons. The van der Waals surface area contributed by atoms with Crippen molar-refractivity contribution in [1.82, 2.24) is 4.90 Å². The number of rotatable bonds is 8. The van der Waals surface area contributed by atoms with Gasteiger partial charge in [-0.3, -0.25) is 14.4 Å². The highest BCUT2D eigenvalue weighted by atomic mass is 16.7. The van der Waals surface area contributed by atoms with Crippen LogP contribution in [-0.4, -0.2) is 149 Å². The van der Waals surface area contributed by atoms with Gasteiger partial charge in [0, 0.05) is 57.5 Å². The van der Waals surface area contributed by atoms with Gasteiger partial charge in [-0.05, 0) is 89.5 Å². The van der Waals surface area contributed by atoms with Crippen molar-refractivity contribution in [1.29, 1.82) is 0 Å². The Kier molecular flexibility index (Phi) is 18.1. The van der Waals surface area contributed by atoms with Crippen LogP contribution in [0, 0.1) is 29.1 Å². The standard InChI is InChI=1S/C45H73NO14/c1-10-30-18-25(2)17-26(3)19-35(56-7)40-36(57-8)20-28(5)45(55,60-40)41(52)42(53)46-16-12-11-13-31(46)43(54)59-39(29(6)33(49)21-34(30)50)27(4)22-44(38(51)24-47)15-14-32(48)37(23-44)58-9/h18,22,26,28-33,35-40,47-49,51,55H,10-17,19-21,23-24H2,1-9H3/t26?,28?,29?,30?,31?,32-,33?,35?,36?,37?,38?,39?,40?,44?,45?/m1/s1. The lowest BCUT2D eigenvalue weighted by Crippen LogP contribution is -2.64. The largest absolute Gasteiger partial charge is 0.456 e. The second kappa shape index (κ2) is 21.7. The Morgan fingerprint density at radius 1 is 0.967 bits per heavy atom. The number of piperidine rings is 1. The zero-order chi connectivity index (χ0) is 44.7. The molecule has 15 heteroatoms. The molecule has 15 nitrogen and oxygen atoms in total. The number of aliphatic hydroxyl groups excluding tert-OH is 4. The quantitative estimate of drug-likeness (QED) is 0.135. The zero-order valence-electron chi connectivity index (χ0n) is 37.2. The minimum Gasteiger partial charge on any atom is -0.456 e. The summed E-state index contributed by atoms with van der Waals surface area (Å²) in [5, 5.41) is 55.9. The van der Waals surface area contributed by atoms with E-state index in [4.69, 9.17) is 23.7 Å². The van der Waals surface area contributed by atoms with Crippen LogP contribution in [0.5, 0.6) is 0 Å². The number of fused-ring (bicyclic) bond motifs is 3. The molecule has 15 atom stereocenters. The van der Waals surface area contributed by atoms with Gasteiger partial charge >= 0.3 is 5.97 Å². The minimum atomic E-state index is -2.55. The van der Waals surface area contributed by atoms with E-state index in [1.54, 1.807) is 26.8 Å². The summed E-state index contributed by atoms with van der Waals surface area (Å²) < 4.78 is 29.8. The van der Waals surface area contributed by atoms with Crippen molar-refractivity contribution in [3.8, 4) is 0 Å². The summed E-state index contributed by atoms with van der Waals surface area (Å²) in [5.41, 5.74) is 0.241. The Labute approximate surface area is 355 Å². The van der Waals surface area contributed by atoms with Crippen molar-refractivity contribution in [2.24, 2.45) is 29.1 Å². The van der Waals surface area contributed by atoms with Crippen LogP contribution < -0.4 is 0 Å². The summed E-state index contributed by atoms with van der Waals surface area (Å²) in [5.74, 6) is -8.17. The summed E-state index contributed by atoms with van der Waals surface area (Å²) in [6, 6.07) is -1.24. The Morgan fingerprint density at radius 3 is 2.23 bits per heavy atom. The maximum atomic E-state index is 14.5. The first-order valence-corrected chi connectivity index (χ1v) is 21.9. The Balaban J connectivity index is 1.83. The monoisotopic (exact) mass is 852 g/mol. The fourth-order valence-electron chi connectivity index (χ4n) is 10.1. The Morgan fingerprint density at radius 2 is 1.62 bits per heavy atom. The maximum absolute atomic E-state index is 14.5. The van der Waals surface area contributed by atoms with Crippen molar-refractivity contribution in [2.45, 2.75) is 173 Å². The predicted octanol–water partition coefficient (Wildman–Crippen LogP) is 3.20. The number of aliphatic hydroxyl groups is 5. The third-order valence-corrected chi connectivity index (χ3v) is 13.9. The Hall–Kier alpha value is -2.60. The highest BCUT2D eigenvalue weighted by Gasteiger charge is 2.57. The summed E-state index contributed by atoms with van der Waals surface area (Å²) in [7, 11) is 4.48. The summed E-state index contributed by atoms with van der Waals surface area (Å²) >= 11 is 0. The summed E-state index contributed by atoms with van der Waals surface area (Å²) in [4.78, 5) is 58.1. The molecule has 0 aromatic rings. The van der Waals surface area contributed by atoms with E-state index in [1.807, 2.05) is 26.8 Å². The second-order valence-corrected chi connectivity index (χ2v) is 18.2. The van der Waals surface area contributed by atoms with Crippen molar-refractivity contribution < 1.29 is 68.4 Å². The van der Waals surface area contributed by atoms with Crippen LogP contribution >= 0.6 is 0 Å². The molecular weight excluding hydrogens is 778 g/mol. The van der Waals surface area contributed by atoms with Crippen molar-refractivity contribution in [3.05, 3.63) is 23.3 Å². The number of hydrogen-bond acceptors (Lipinski definition) is 14. The molecule has 0 spiro atoms. The Bertz CT molecular complexity index is 1550. The van der Waals surface area contributed by atoms with Crippen LogP contribution in [0.1, 0.15) is 112 Å². The number of amides is 1. The number of carbonyl (C=O) groups excluding carboxylic acids is 4. The van der Waals surface area contributed by atoms with Crippen LogP contribution in [0.3, 0.4) is 0 Å². The second-order valence-electron chi connectivity index (χ2n) is 18.2. The molecule has 60 heavy (non-hydrogen) atoms. The van der Waals surface area contributed by atoms with Gasteiger partial charge in [0.1, 0.15) is 24.0 Å². The lowest BCUT2D eigenvalue weighted by atomic mass is 9.67. The smallest absolute Gasteiger partial charge is 0.329 e. The third kappa shape index (κ3) is 11.1. The molecule has 4 aliphatic rings. The van der Waals surface area contributed by atoms with Crippen LogP contribution in [0.25, 0.3) is 0 Å². The summed E-state index contributed by atoms with van der Waals surface area (Å²) in [6.07, 6.45) is -0.475. The van der Waals surface area contributed by atoms with E-state index in [0.717, 1.165) is 10.5 Å². The maximum Gasteiger partial charge on any atom is 0.329 e. The van der Waals surface area contributed by atoms with Gasteiger partial charge in [0.15, 0.2) is 0 Å². The van der Waals surface area contributed by atoms with E-state index in [0.29, 0.717) is 37.7 Å². The number of Topliss-reactive ketones (excluding diaryl/α,β-unsaturated/α-hetero) is 2. The lowest BCUT2D eigenvalue weighted by Gasteiger charge is -2.47. The number of nitrogens with zero attached hydrogens (tertiary/aromatic N) is 1. The molecule has 0 aromatic carbocycles. The number of ketones is 2. The molecule has 4 rings (SSSR count). The number of hydrogen-bond donors (Lipinski definition) is 5. The first kappa shape index (κ1) is 50.0. The van der Waals surface area contributed by atoms with Gasteiger partial charge in [-0.25, -0.2) is 4.79 Å². The number of ether oxygens (including phenoxy) is 5. The highest BCUT2D eigenvalue weighted by Crippen LogP contribution is 2.44. The normalized spacial score (nSPS) is 40.5. The van der Waals surface area contributed by atoms with E-state index in [9.17, 15) is 44.7 Å². The SMILES string of the molecule is CCC1C=C(C)CC(C)CC(OC)C2OC(O)(C(=O)C(=O)N3CCCCC3C(=O)OC(C(C)=CC3(C(O)CO)CC[C@@H](O)C(OC)C3)C(C)C(O)CC1=O)C(C)CC2OC. The van der Waals surface area contributed by atoms with Crippen molar-refractivity contribution in [3.63, 3.8) is 0 Å². The summed E-state index contributed by atoms with van der Waals surface area (Å²) in [6.45, 7) is 10.2. The van der Waals surface area contributed by atoms with E-state index < -0.39 is 108 Å². The number of carbonyl (C=O) groups is 4. The predicted molar refractivity (Wildman–Crippen MR) is 220 cm³/mol. The fourth-order valence-corrected chi connectivity index (χ4v) is 10.1. The molecule has 5 N–H and O–H groups in total. The van der Waals surface area contributed by atoms with Crippen LogP contribution in [0.2, 0.25) is 0 Å². The molecule has 3 aliphatic heterocycles. The first-order chi connectivity index (χ1) is 28.3. The van der Waals surface area contributed by atoms with E-state index in [-0.39, 0.29) is 56.8 Å². The average molecular weight is 852 g/mol. The van der Waals surface area contributed by atoms with Crippen LogP contribution in [0.15, 0.2) is 23.3 Å². The molecule has 2 saturated heterocycles. The molecular formula is C45H73NO14. The third-order valence-electron chi connectivity index (χ3n) is 13.9. The number of allylic oxidation sites excluding steroid dienone is 2. The highest BCUT2D eigenvalue weighted by molar-refractivity contribution is 6.39. The molecule has 3 heterocycles. The zero-order valence-corrected chi connectivity index (χ0v) is 37.2. The van der Waals surface area contributed by atoms with E-state index in [1.165, 1.54) is 21.3 Å². The lowest BCUT2D eigenvalue weighted by molar-refractivity contribution is -0.302. The molecule has 3 fully saturated rings. The molecule has 1 aliphatic carbocycles. The number of methoxy groups -OCH3 is 3. The van der Waals surface area contributed by atoms with Gasteiger partial charge in [0.25, 0.3) is 11.7 Å². The van der Waals surface area contributed by atoms with Crippen molar-refractivity contribution >= 4 is 23.4 Å². The fraction of sp³-hybridized carbons (Fsp3) is 0.822. The van der Waals surface area contributed by atoms with Gasteiger partial charge in [-0.1, -0.05) is 45.4 Å². The van der Waals surface area contributed by atoms with Gasteiger partial charge in [-0.15, -0.1) is 0 Å².